The van der Waals surface area contributed by atoms with Gasteiger partial charge in [0.1, 0.15) is 5.75 Å². The lowest BCUT2D eigenvalue weighted by atomic mass is 9.72. The number of amides is 2. The van der Waals surface area contributed by atoms with Crippen molar-refractivity contribution in [3.63, 3.8) is 0 Å². The Morgan fingerprint density at radius 1 is 1.06 bits per heavy atom. The summed E-state index contributed by atoms with van der Waals surface area (Å²) < 4.78 is 5.79. The molecule has 1 aromatic heterocycles. The van der Waals surface area contributed by atoms with Gasteiger partial charge < -0.3 is 29.7 Å². The number of nitrogens with one attached hydrogen (secondary N) is 1. The quantitative estimate of drug-likeness (QED) is 0.485. The smallest absolute Gasteiger partial charge is 0.260 e. The van der Waals surface area contributed by atoms with Crippen LogP contribution in [0.2, 0.25) is 0 Å². The lowest BCUT2D eigenvalue weighted by Gasteiger charge is -2.45. The third-order valence-corrected chi connectivity index (χ3v) is 7.77. The number of nitrogens with zero attached hydrogens (tertiary/aromatic N) is 2. The molecule has 0 saturated carbocycles. The van der Waals surface area contributed by atoms with E-state index in [0.29, 0.717) is 50.2 Å². The third-order valence-electron chi connectivity index (χ3n) is 7.77. The molecule has 0 radical (unpaired) electrons. The summed E-state index contributed by atoms with van der Waals surface area (Å²) in [6, 6.07) is 14.9. The number of ether oxygens (including phenoxy) is 1. The van der Waals surface area contributed by atoms with Crippen LogP contribution in [0.4, 0.5) is 0 Å². The molecular formula is C28H33N3O5. The number of hydrogen-bond donors (Lipinski definition) is 3. The number of carbonyl (C=O) groups excluding carboxylic acids is 2. The standard InChI is InChI=1S/C28H33N3O5/c1-30-18-28(16-24(33)23(32)15-19-5-2-3-8-25(19)36-17-26(30)34)10-13-31(14-11-28)27(35)21-6-4-7-22-20(21)9-12-29-22/h2-9,12,23-24,29,32-33H,10-11,13-18H2,1H3/t23-,24+/m0/s1. The second kappa shape index (κ2) is 9.95. The minimum atomic E-state index is -0.961. The number of piperidine rings is 1. The molecule has 3 heterocycles. The number of para-hydroxylation sites is 1. The van der Waals surface area contributed by atoms with Gasteiger partial charge in [-0.3, -0.25) is 9.59 Å². The van der Waals surface area contributed by atoms with Crippen LogP contribution < -0.4 is 4.74 Å². The highest BCUT2D eigenvalue weighted by Crippen LogP contribution is 2.39. The van der Waals surface area contributed by atoms with Gasteiger partial charge >= 0.3 is 0 Å². The number of fused-ring (bicyclic) bond motifs is 2. The summed E-state index contributed by atoms with van der Waals surface area (Å²) in [6.07, 6.45) is 1.75. The van der Waals surface area contributed by atoms with Gasteiger partial charge in [0.2, 0.25) is 0 Å². The van der Waals surface area contributed by atoms with E-state index in [0.717, 1.165) is 16.5 Å². The summed E-state index contributed by atoms with van der Waals surface area (Å²) in [5.74, 6) is 0.390. The Labute approximate surface area is 210 Å². The molecule has 2 aliphatic rings. The van der Waals surface area contributed by atoms with Crippen molar-refractivity contribution < 1.29 is 24.5 Å². The molecule has 3 N–H and O–H groups in total. The number of rotatable bonds is 1. The maximum absolute atomic E-state index is 13.4. The van der Waals surface area contributed by atoms with Crippen LogP contribution in [0, 0.1) is 5.41 Å². The molecule has 1 fully saturated rings. The summed E-state index contributed by atoms with van der Waals surface area (Å²) in [5.41, 5.74) is 1.94. The topological polar surface area (TPSA) is 106 Å². The van der Waals surface area contributed by atoms with E-state index in [9.17, 15) is 19.8 Å². The molecule has 0 bridgehead atoms. The first-order valence-corrected chi connectivity index (χ1v) is 12.5. The zero-order valence-electron chi connectivity index (χ0n) is 20.5. The zero-order chi connectivity index (χ0) is 25.3. The fourth-order valence-electron chi connectivity index (χ4n) is 5.65. The van der Waals surface area contributed by atoms with Crippen LogP contribution in [0.15, 0.2) is 54.7 Å². The van der Waals surface area contributed by atoms with E-state index in [1.165, 1.54) is 0 Å². The number of benzene rings is 2. The van der Waals surface area contributed by atoms with Crippen LogP contribution >= 0.6 is 0 Å². The zero-order valence-corrected chi connectivity index (χ0v) is 20.5. The molecule has 190 valence electrons. The molecule has 0 aliphatic carbocycles. The molecule has 2 atom stereocenters. The van der Waals surface area contributed by atoms with Crippen LogP contribution in [0.3, 0.4) is 0 Å². The van der Waals surface area contributed by atoms with Crippen LogP contribution in [-0.4, -0.2) is 82.3 Å². The number of aliphatic hydroxyl groups excluding tert-OH is 2. The van der Waals surface area contributed by atoms with Gasteiger partial charge in [0.05, 0.1) is 12.2 Å². The summed E-state index contributed by atoms with van der Waals surface area (Å²) in [4.78, 5) is 32.9. The number of aromatic amines is 1. The van der Waals surface area contributed by atoms with E-state index >= 15 is 0 Å². The average Bonchev–Trinajstić information content (AvgIpc) is 3.36. The van der Waals surface area contributed by atoms with Crippen LogP contribution in [0.1, 0.15) is 35.2 Å². The molecule has 2 amide bonds. The van der Waals surface area contributed by atoms with Crippen molar-refractivity contribution in [2.75, 3.05) is 33.3 Å². The van der Waals surface area contributed by atoms with E-state index in [1.54, 1.807) is 18.0 Å². The highest BCUT2D eigenvalue weighted by atomic mass is 16.5. The molecule has 8 nitrogen and oxygen atoms in total. The van der Waals surface area contributed by atoms with Crippen molar-refractivity contribution >= 4 is 22.7 Å². The molecule has 36 heavy (non-hydrogen) atoms. The summed E-state index contributed by atoms with van der Waals surface area (Å²) in [5, 5.41) is 22.8. The number of likely N-dealkylation sites (N-methyl/N-ethyl adjacent to an activating group) is 1. The lowest BCUT2D eigenvalue weighted by molar-refractivity contribution is -0.135. The van der Waals surface area contributed by atoms with Gasteiger partial charge in [0.25, 0.3) is 11.8 Å². The highest BCUT2D eigenvalue weighted by molar-refractivity contribution is 6.06. The van der Waals surface area contributed by atoms with Crippen LogP contribution in [-0.2, 0) is 11.2 Å². The maximum Gasteiger partial charge on any atom is 0.260 e. The van der Waals surface area contributed by atoms with Crippen molar-refractivity contribution in [3.05, 3.63) is 65.9 Å². The van der Waals surface area contributed by atoms with E-state index in [4.69, 9.17) is 4.74 Å². The SMILES string of the molecule is CN1CC2(CCN(C(=O)c3cccc4[nH]ccc34)CC2)C[C@@H](O)[C@@H](O)Cc2ccccc2OCC1=O. The number of aliphatic hydroxyl groups is 2. The molecule has 2 aromatic carbocycles. The predicted octanol–water partition coefficient (Wildman–Crippen LogP) is 2.60. The fraction of sp³-hybridized carbons (Fsp3) is 0.429. The number of hydrogen-bond acceptors (Lipinski definition) is 5. The Morgan fingerprint density at radius 2 is 1.83 bits per heavy atom. The van der Waals surface area contributed by atoms with Gasteiger partial charge in [0, 0.05) is 55.8 Å². The fourth-order valence-corrected chi connectivity index (χ4v) is 5.65. The summed E-state index contributed by atoms with van der Waals surface area (Å²) in [7, 11) is 1.75. The second-order valence-electron chi connectivity index (χ2n) is 10.2. The number of H-pyrrole nitrogens is 1. The van der Waals surface area contributed by atoms with Crippen molar-refractivity contribution in [3.8, 4) is 5.75 Å². The predicted molar refractivity (Wildman–Crippen MR) is 136 cm³/mol. The average molecular weight is 492 g/mol. The Hall–Kier alpha value is -3.36. The monoisotopic (exact) mass is 491 g/mol. The molecule has 1 saturated heterocycles. The van der Waals surface area contributed by atoms with Gasteiger partial charge in [0.15, 0.2) is 6.61 Å². The lowest BCUT2D eigenvalue weighted by Crippen LogP contribution is -2.51. The van der Waals surface area contributed by atoms with Crippen molar-refractivity contribution in [2.24, 2.45) is 5.41 Å². The molecule has 2 aliphatic heterocycles. The summed E-state index contributed by atoms with van der Waals surface area (Å²) in [6.45, 7) is 1.37. The van der Waals surface area contributed by atoms with Crippen LogP contribution in [0.5, 0.6) is 5.75 Å². The van der Waals surface area contributed by atoms with Crippen molar-refractivity contribution in [1.29, 1.82) is 0 Å². The first-order valence-electron chi connectivity index (χ1n) is 12.5. The summed E-state index contributed by atoms with van der Waals surface area (Å²) >= 11 is 0. The Balaban J connectivity index is 1.35. The molecule has 3 aromatic rings. The number of carbonyl (C=O) groups is 2. The van der Waals surface area contributed by atoms with Crippen molar-refractivity contribution in [1.82, 2.24) is 14.8 Å². The molecule has 0 unspecified atom stereocenters. The van der Waals surface area contributed by atoms with E-state index in [1.807, 2.05) is 53.6 Å². The first-order chi connectivity index (χ1) is 17.3. The van der Waals surface area contributed by atoms with E-state index in [2.05, 4.69) is 4.98 Å². The van der Waals surface area contributed by atoms with Gasteiger partial charge in [-0.05, 0) is 54.5 Å². The minimum absolute atomic E-state index is 0.0155. The Kier molecular flexibility index (Phi) is 6.73. The number of likely N-dealkylation sites (tertiary alicyclic amines) is 1. The van der Waals surface area contributed by atoms with E-state index in [-0.39, 0.29) is 24.8 Å². The van der Waals surface area contributed by atoms with Gasteiger partial charge in [-0.15, -0.1) is 0 Å². The molecular weight excluding hydrogens is 458 g/mol. The first kappa shape index (κ1) is 24.3. The largest absolute Gasteiger partial charge is 0.483 e. The molecule has 5 rings (SSSR count). The Morgan fingerprint density at radius 3 is 2.64 bits per heavy atom. The normalized spacial score (nSPS) is 23.0. The molecule has 1 spiro atoms. The third kappa shape index (κ3) is 4.83. The van der Waals surface area contributed by atoms with Gasteiger partial charge in [-0.25, -0.2) is 0 Å². The van der Waals surface area contributed by atoms with Crippen molar-refractivity contribution in [2.45, 2.75) is 37.9 Å². The highest BCUT2D eigenvalue weighted by Gasteiger charge is 2.41. The van der Waals surface area contributed by atoms with Gasteiger partial charge in [-0.1, -0.05) is 24.3 Å². The Bertz CT molecular complexity index is 1250. The van der Waals surface area contributed by atoms with Gasteiger partial charge in [-0.2, -0.15) is 0 Å². The van der Waals surface area contributed by atoms with Crippen LogP contribution in [0.25, 0.3) is 10.9 Å². The van der Waals surface area contributed by atoms with E-state index < -0.39 is 17.6 Å². The minimum Gasteiger partial charge on any atom is -0.483 e. The number of aromatic nitrogens is 1. The maximum atomic E-state index is 13.4. The molecule has 8 heteroatoms. The second-order valence-corrected chi connectivity index (χ2v) is 10.2.